The zero-order valence-corrected chi connectivity index (χ0v) is 16.9. The lowest BCUT2D eigenvalue weighted by molar-refractivity contribution is -0.133. The quantitative estimate of drug-likeness (QED) is 0.608. The van der Waals surface area contributed by atoms with Gasteiger partial charge in [-0.05, 0) is 47.4 Å². The van der Waals surface area contributed by atoms with E-state index in [9.17, 15) is 4.79 Å². The summed E-state index contributed by atoms with van der Waals surface area (Å²) in [4.78, 5) is 15.5. The maximum absolute atomic E-state index is 13.4. The number of carbonyl (C=O) groups is 1. The fourth-order valence-corrected chi connectivity index (χ4v) is 4.39. The summed E-state index contributed by atoms with van der Waals surface area (Å²) in [5.41, 5.74) is 8.60. The fraction of sp³-hybridized carbons (Fsp3) is 0.320. The first-order valence-corrected chi connectivity index (χ1v) is 10.3. The lowest BCUT2D eigenvalue weighted by Crippen LogP contribution is -2.39. The molecule has 1 aliphatic carbocycles. The Kier molecular flexibility index (Phi) is 5.70. The average molecular weight is 389 g/mol. The van der Waals surface area contributed by atoms with Crippen molar-refractivity contribution in [2.45, 2.75) is 44.7 Å². The highest BCUT2D eigenvalue weighted by Gasteiger charge is 2.28. The Balaban J connectivity index is 1.67. The van der Waals surface area contributed by atoms with Crippen LogP contribution in [0.4, 0.5) is 5.69 Å². The molecule has 0 radical (unpaired) electrons. The number of anilines is 1. The molecule has 0 saturated heterocycles. The first-order chi connectivity index (χ1) is 14.2. The molecule has 0 bridgehead atoms. The number of nitrogens with two attached hydrogens (primary N) is 1. The van der Waals surface area contributed by atoms with Crippen molar-refractivity contribution in [2.24, 2.45) is 0 Å². The van der Waals surface area contributed by atoms with Crippen molar-refractivity contribution < 1.29 is 9.53 Å². The molecule has 29 heavy (non-hydrogen) atoms. The van der Waals surface area contributed by atoms with Crippen LogP contribution in [0.15, 0.2) is 60.7 Å². The van der Waals surface area contributed by atoms with Gasteiger partial charge < -0.3 is 15.4 Å². The second-order valence-electron chi connectivity index (χ2n) is 7.85. The van der Waals surface area contributed by atoms with E-state index in [0.717, 1.165) is 35.1 Å². The van der Waals surface area contributed by atoms with Crippen LogP contribution in [-0.4, -0.2) is 24.0 Å². The van der Waals surface area contributed by atoms with Gasteiger partial charge in [-0.2, -0.15) is 0 Å². The summed E-state index contributed by atoms with van der Waals surface area (Å²) < 4.78 is 5.68. The average Bonchev–Trinajstić information content (AvgIpc) is 3.27. The topological polar surface area (TPSA) is 55.6 Å². The zero-order chi connectivity index (χ0) is 20.2. The molecule has 0 aliphatic heterocycles. The number of amides is 1. The second-order valence-corrected chi connectivity index (χ2v) is 7.85. The first-order valence-electron chi connectivity index (χ1n) is 10.3. The smallest absolute Gasteiger partial charge is 0.227 e. The van der Waals surface area contributed by atoms with E-state index in [1.54, 1.807) is 7.11 Å². The normalized spacial score (nSPS) is 14.2. The van der Waals surface area contributed by atoms with Gasteiger partial charge in [-0.25, -0.2) is 0 Å². The lowest BCUT2D eigenvalue weighted by atomic mass is 10.0. The van der Waals surface area contributed by atoms with E-state index >= 15 is 0 Å². The van der Waals surface area contributed by atoms with Gasteiger partial charge in [0.15, 0.2) is 0 Å². The van der Waals surface area contributed by atoms with Gasteiger partial charge in [0.05, 0.1) is 20.1 Å². The van der Waals surface area contributed by atoms with E-state index in [2.05, 4.69) is 23.1 Å². The summed E-state index contributed by atoms with van der Waals surface area (Å²) >= 11 is 0. The summed E-state index contributed by atoms with van der Waals surface area (Å²) in [5.74, 6) is 1.00. The molecular weight excluding hydrogens is 360 g/mol. The fourth-order valence-electron chi connectivity index (χ4n) is 4.39. The minimum absolute atomic E-state index is 0.164. The van der Waals surface area contributed by atoms with Crippen molar-refractivity contribution in [1.29, 1.82) is 0 Å². The summed E-state index contributed by atoms with van der Waals surface area (Å²) in [6.07, 6.45) is 4.90. The molecule has 0 atom stereocenters. The van der Waals surface area contributed by atoms with Crippen LogP contribution in [-0.2, 0) is 17.8 Å². The monoisotopic (exact) mass is 388 g/mol. The third-order valence-corrected chi connectivity index (χ3v) is 5.97. The minimum atomic E-state index is 0.164. The molecule has 3 aromatic carbocycles. The van der Waals surface area contributed by atoms with Crippen LogP contribution >= 0.6 is 0 Å². The predicted molar refractivity (Wildman–Crippen MR) is 118 cm³/mol. The van der Waals surface area contributed by atoms with Crippen molar-refractivity contribution in [3.63, 3.8) is 0 Å². The largest absolute Gasteiger partial charge is 0.496 e. The van der Waals surface area contributed by atoms with Gasteiger partial charge in [0, 0.05) is 17.3 Å². The van der Waals surface area contributed by atoms with Gasteiger partial charge in [-0.1, -0.05) is 55.3 Å². The Morgan fingerprint density at radius 2 is 1.76 bits per heavy atom. The highest BCUT2D eigenvalue weighted by molar-refractivity contribution is 5.88. The van der Waals surface area contributed by atoms with E-state index in [0.29, 0.717) is 24.7 Å². The highest BCUT2D eigenvalue weighted by atomic mass is 16.5. The van der Waals surface area contributed by atoms with Gasteiger partial charge in [-0.3, -0.25) is 4.79 Å². The molecule has 0 aromatic heterocycles. The number of fused-ring (bicyclic) bond motifs is 1. The van der Waals surface area contributed by atoms with Crippen LogP contribution in [0.5, 0.6) is 5.75 Å². The predicted octanol–water partition coefficient (Wildman–Crippen LogP) is 4.94. The minimum Gasteiger partial charge on any atom is -0.496 e. The molecule has 2 N–H and O–H groups in total. The summed E-state index contributed by atoms with van der Waals surface area (Å²) in [6.45, 7) is 0.572. The first kappa shape index (κ1) is 19.3. The number of rotatable bonds is 6. The van der Waals surface area contributed by atoms with E-state index in [1.807, 2.05) is 42.5 Å². The zero-order valence-electron chi connectivity index (χ0n) is 16.9. The molecule has 150 valence electrons. The van der Waals surface area contributed by atoms with Gasteiger partial charge in [0.1, 0.15) is 5.75 Å². The van der Waals surface area contributed by atoms with E-state index in [1.165, 1.54) is 18.2 Å². The number of benzene rings is 3. The van der Waals surface area contributed by atoms with Gasteiger partial charge >= 0.3 is 0 Å². The summed E-state index contributed by atoms with van der Waals surface area (Å²) in [5, 5.41) is 2.32. The number of methoxy groups -OCH3 is 1. The van der Waals surface area contributed by atoms with Crippen molar-refractivity contribution in [1.82, 2.24) is 4.90 Å². The standard InChI is InChI=1S/C25H28N2O2/c1-29-24-15-12-19-6-2-5-9-22(19)23(24)17-27(21-7-3-4-8-21)25(28)16-18-10-13-20(26)14-11-18/h2,5-6,9-15,21H,3-4,7-8,16-17,26H2,1H3. The lowest BCUT2D eigenvalue weighted by Gasteiger charge is -2.30. The van der Waals surface area contributed by atoms with Crippen molar-refractivity contribution in [3.05, 3.63) is 71.8 Å². The van der Waals surface area contributed by atoms with Crippen LogP contribution in [0.3, 0.4) is 0 Å². The maximum atomic E-state index is 13.4. The molecule has 3 aromatic rings. The molecule has 4 nitrogen and oxygen atoms in total. The number of hydrogen-bond donors (Lipinski definition) is 1. The van der Waals surface area contributed by atoms with E-state index in [-0.39, 0.29) is 5.91 Å². The molecule has 4 rings (SSSR count). The number of hydrogen-bond acceptors (Lipinski definition) is 3. The van der Waals surface area contributed by atoms with Crippen molar-refractivity contribution in [3.8, 4) is 5.75 Å². The molecule has 1 amide bonds. The molecular formula is C25H28N2O2. The maximum Gasteiger partial charge on any atom is 0.227 e. The van der Waals surface area contributed by atoms with E-state index in [4.69, 9.17) is 10.5 Å². The molecule has 0 spiro atoms. The third kappa shape index (κ3) is 4.21. The Morgan fingerprint density at radius 3 is 2.48 bits per heavy atom. The Morgan fingerprint density at radius 1 is 1.03 bits per heavy atom. The van der Waals surface area contributed by atoms with Crippen LogP contribution in [0.25, 0.3) is 10.8 Å². The second kappa shape index (κ2) is 8.56. The molecule has 1 saturated carbocycles. The number of carbonyl (C=O) groups excluding carboxylic acids is 1. The third-order valence-electron chi connectivity index (χ3n) is 5.97. The van der Waals surface area contributed by atoms with Crippen LogP contribution in [0.1, 0.15) is 36.8 Å². The van der Waals surface area contributed by atoms with Crippen LogP contribution in [0.2, 0.25) is 0 Å². The van der Waals surface area contributed by atoms with Gasteiger partial charge in [0.2, 0.25) is 5.91 Å². The van der Waals surface area contributed by atoms with Crippen LogP contribution < -0.4 is 10.5 Å². The number of nitrogen functional groups attached to an aromatic ring is 1. The summed E-state index contributed by atoms with van der Waals surface area (Å²) in [7, 11) is 1.70. The van der Waals surface area contributed by atoms with Crippen molar-refractivity contribution in [2.75, 3.05) is 12.8 Å². The molecule has 0 unspecified atom stereocenters. The Labute approximate surface area is 172 Å². The molecule has 4 heteroatoms. The molecule has 1 fully saturated rings. The summed E-state index contributed by atoms with van der Waals surface area (Å²) in [6, 6.07) is 20.3. The van der Waals surface area contributed by atoms with Gasteiger partial charge in [0.25, 0.3) is 0 Å². The van der Waals surface area contributed by atoms with Crippen LogP contribution in [0, 0.1) is 0 Å². The van der Waals surface area contributed by atoms with Gasteiger partial charge in [-0.15, -0.1) is 0 Å². The Bertz CT molecular complexity index is 991. The molecule has 0 heterocycles. The van der Waals surface area contributed by atoms with Crippen molar-refractivity contribution >= 4 is 22.4 Å². The Hall–Kier alpha value is -3.01. The SMILES string of the molecule is COc1ccc2ccccc2c1CN(C(=O)Cc1ccc(N)cc1)C1CCCC1. The number of nitrogens with zero attached hydrogens (tertiary/aromatic N) is 1. The number of ether oxygens (including phenoxy) is 1. The highest BCUT2D eigenvalue weighted by Crippen LogP contribution is 2.32. The molecule has 1 aliphatic rings. The van der Waals surface area contributed by atoms with E-state index < -0.39 is 0 Å².